The number of rotatable bonds is 8. The fourth-order valence-electron chi connectivity index (χ4n) is 4.65. The van der Waals surface area contributed by atoms with Gasteiger partial charge in [0, 0.05) is 18.8 Å². The monoisotopic (exact) mass is 487 g/mol. The minimum absolute atomic E-state index is 0.000198. The van der Waals surface area contributed by atoms with Crippen LogP contribution in [0.2, 0.25) is 0 Å². The molecule has 2 fully saturated rings. The molecule has 35 heavy (non-hydrogen) atoms. The number of carboxylic acid groups (broad SMARTS) is 1. The van der Waals surface area contributed by atoms with Crippen molar-refractivity contribution in [3.05, 3.63) is 53.2 Å². The molecular weight excluding hydrogens is 460 g/mol. The number of aliphatic carboxylic acids is 1. The Morgan fingerprint density at radius 1 is 1.14 bits per heavy atom. The average molecular weight is 488 g/mol. The largest absolute Gasteiger partial charge is 0.481 e. The van der Waals surface area contributed by atoms with Gasteiger partial charge in [0.2, 0.25) is 17.7 Å². The van der Waals surface area contributed by atoms with Crippen molar-refractivity contribution in [1.82, 2.24) is 9.88 Å². The van der Waals surface area contributed by atoms with E-state index in [0.717, 1.165) is 11.1 Å². The standard InChI is InChI=1S/C25H27F2N3O5/c1-13(2)15-6-4-5-7-18(15)25(11-30(12-25)21(31)16-10-17(16)22(32)33)23(34)29-19-9-8-14(3)28-20(19)35-24(26)27/h4-9,13,16-17,24H,10-12H2,1-3H3,(H,29,34)(H,32,33)/t16-,17+/m0/s1. The van der Waals surface area contributed by atoms with Crippen LogP contribution in [0.1, 0.15) is 43.0 Å². The van der Waals surface area contributed by atoms with Crippen molar-refractivity contribution >= 4 is 23.5 Å². The van der Waals surface area contributed by atoms with Gasteiger partial charge >= 0.3 is 12.6 Å². The number of halogens is 2. The maximum absolute atomic E-state index is 13.7. The summed E-state index contributed by atoms with van der Waals surface area (Å²) < 4.78 is 30.4. The zero-order valence-corrected chi connectivity index (χ0v) is 19.6. The first kappa shape index (κ1) is 24.6. The molecule has 1 aromatic heterocycles. The lowest BCUT2D eigenvalue weighted by molar-refractivity contribution is -0.148. The van der Waals surface area contributed by atoms with Crippen LogP contribution in [-0.2, 0) is 19.8 Å². The topological polar surface area (TPSA) is 109 Å². The summed E-state index contributed by atoms with van der Waals surface area (Å²) in [7, 11) is 0. The molecule has 1 aliphatic heterocycles. The minimum Gasteiger partial charge on any atom is -0.481 e. The first-order chi connectivity index (χ1) is 16.5. The Labute approximate surface area is 201 Å². The van der Waals surface area contributed by atoms with E-state index in [9.17, 15) is 28.3 Å². The van der Waals surface area contributed by atoms with Crippen LogP contribution in [0.25, 0.3) is 0 Å². The lowest BCUT2D eigenvalue weighted by atomic mass is 9.69. The van der Waals surface area contributed by atoms with Gasteiger partial charge in [0.1, 0.15) is 11.1 Å². The average Bonchev–Trinajstić information content (AvgIpc) is 3.56. The first-order valence-electron chi connectivity index (χ1n) is 11.4. The molecule has 1 saturated carbocycles. The Hall–Kier alpha value is -3.56. The van der Waals surface area contributed by atoms with Gasteiger partial charge in [0.05, 0.1) is 11.8 Å². The summed E-state index contributed by atoms with van der Waals surface area (Å²) in [5.74, 6) is -3.36. The lowest BCUT2D eigenvalue weighted by Gasteiger charge is -2.50. The normalized spacial score (nSPS) is 20.4. The number of nitrogens with zero attached hydrogens (tertiary/aromatic N) is 2. The number of hydrogen-bond acceptors (Lipinski definition) is 5. The summed E-state index contributed by atoms with van der Waals surface area (Å²) in [6.45, 7) is 2.58. The van der Waals surface area contributed by atoms with Gasteiger partial charge in [-0.15, -0.1) is 0 Å². The minimum atomic E-state index is -3.12. The molecule has 2 atom stereocenters. The van der Waals surface area contributed by atoms with Crippen LogP contribution >= 0.6 is 0 Å². The number of benzene rings is 1. The summed E-state index contributed by atoms with van der Waals surface area (Å²) in [6.07, 6.45) is 0.288. The number of ether oxygens (including phenoxy) is 1. The van der Waals surface area contributed by atoms with Gasteiger partial charge < -0.3 is 20.1 Å². The van der Waals surface area contributed by atoms with E-state index >= 15 is 0 Å². The van der Waals surface area contributed by atoms with E-state index < -0.39 is 41.6 Å². The predicted molar refractivity (Wildman–Crippen MR) is 122 cm³/mol. The van der Waals surface area contributed by atoms with Gasteiger partial charge in [0.15, 0.2) is 0 Å². The molecule has 4 rings (SSSR count). The van der Waals surface area contributed by atoms with E-state index in [2.05, 4.69) is 15.0 Å². The van der Waals surface area contributed by atoms with Crippen LogP contribution in [-0.4, -0.2) is 52.5 Å². The molecule has 2 aromatic rings. The van der Waals surface area contributed by atoms with Crippen LogP contribution in [0.3, 0.4) is 0 Å². The molecule has 1 aliphatic carbocycles. The number of aromatic nitrogens is 1. The van der Waals surface area contributed by atoms with E-state index in [4.69, 9.17) is 0 Å². The first-order valence-corrected chi connectivity index (χ1v) is 11.4. The molecule has 0 bridgehead atoms. The fraction of sp³-hybridized carbons (Fsp3) is 0.440. The van der Waals surface area contributed by atoms with E-state index in [0.29, 0.717) is 5.69 Å². The highest BCUT2D eigenvalue weighted by molar-refractivity contribution is 6.03. The Morgan fingerprint density at radius 2 is 1.83 bits per heavy atom. The maximum atomic E-state index is 13.7. The highest BCUT2D eigenvalue weighted by atomic mass is 19.3. The third kappa shape index (κ3) is 4.69. The summed E-state index contributed by atoms with van der Waals surface area (Å²) in [6, 6.07) is 10.4. The van der Waals surface area contributed by atoms with Crippen LogP contribution in [0.4, 0.5) is 14.5 Å². The van der Waals surface area contributed by atoms with Crippen molar-refractivity contribution in [1.29, 1.82) is 0 Å². The van der Waals surface area contributed by atoms with Crippen molar-refractivity contribution < 1.29 is 33.0 Å². The zero-order chi connectivity index (χ0) is 25.5. The van der Waals surface area contributed by atoms with E-state index in [-0.39, 0.29) is 37.0 Å². The molecule has 2 N–H and O–H groups in total. The van der Waals surface area contributed by atoms with Crippen molar-refractivity contribution in [2.45, 2.75) is 45.1 Å². The predicted octanol–water partition coefficient (Wildman–Crippen LogP) is 3.55. The number of anilines is 1. The molecule has 2 amide bonds. The number of amides is 2. The number of carbonyl (C=O) groups excluding carboxylic acids is 2. The van der Waals surface area contributed by atoms with Crippen molar-refractivity contribution in [2.75, 3.05) is 18.4 Å². The van der Waals surface area contributed by atoms with Gasteiger partial charge in [-0.25, -0.2) is 4.98 Å². The maximum Gasteiger partial charge on any atom is 0.388 e. The second kappa shape index (κ2) is 9.24. The third-order valence-electron chi connectivity index (χ3n) is 6.64. The molecule has 2 aliphatic rings. The smallest absolute Gasteiger partial charge is 0.388 e. The number of nitrogens with one attached hydrogen (secondary N) is 1. The molecule has 2 heterocycles. The second-order valence-corrected chi connectivity index (χ2v) is 9.44. The quantitative estimate of drug-likeness (QED) is 0.590. The Balaban J connectivity index is 1.65. The Morgan fingerprint density at radius 3 is 2.43 bits per heavy atom. The number of aryl methyl sites for hydroxylation is 1. The number of hydrogen-bond donors (Lipinski definition) is 2. The number of carboxylic acids is 1. The van der Waals surface area contributed by atoms with E-state index in [1.165, 1.54) is 11.0 Å². The second-order valence-electron chi connectivity index (χ2n) is 9.44. The van der Waals surface area contributed by atoms with Crippen molar-refractivity contribution in [3.63, 3.8) is 0 Å². The van der Waals surface area contributed by atoms with Crippen molar-refractivity contribution in [3.8, 4) is 5.88 Å². The summed E-state index contributed by atoms with van der Waals surface area (Å²) in [5, 5.41) is 11.9. The molecule has 186 valence electrons. The molecule has 0 spiro atoms. The van der Waals surface area contributed by atoms with Crippen LogP contribution in [0, 0.1) is 18.8 Å². The van der Waals surface area contributed by atoms with Gasteiger partial charge in [-0.05, 0) is 42.5 Å². The third-order valence-corrected chi connectivity index (χ3v) is 6.64. The van der Waals surface area contributed by atoms with Crippen LogP contribution in [0.15, 0.2) is 36.4 Å². The molecule has 0 unspecified atom stereocenters. The summed E-state index contributed by atoms with van der Waals surface area (Å²) in [5.41, 5.74) is 0.961. The summed E-state index contributed by atoms with van der Waals surface area (Å²) in [4.78, 5) is 43.3. The zero-order valence-electron chi connectivity index (χ0n) is 19.6. The molecule has 10 heteroatoms. The van der Waals surface area contributed by atoms with Gasteiger partial charge in [-0.2, -0.15) is 8.78 Å². The lowest BCUT2D eigenvalue weighted by Crippen LogP contribution is -2.67. The number of alkyl halides is 2. The van der Waals surface area contributed by atoms with Crippen molar-refractivity contribution in [2.24, 2.45) is 11.8 Å². The van der Waals surface area contributed by atoms with Gasteiger partial charge in [-0.1, -0.05) is 38.1 Å². The fourth-order valence-corrected chi connectivity index (χ4v) is 4.65. The number of likely N-dealkylation sites (tertiary alicyclic amines) is 1. The van der Waals surface area contributed by atoms with Crippen LogP contribution in [0.5, 0.6) is 5.88 Å². The van der Waals surface area contributed by atoms with Gasteiger partial charge in [-0.3, -0.25) is 14.4 Å². The highest BCUT2D eigenvalue weighted by Gasteiger charge is 2.58. The number of carbonyl (C=O) groups is 3. The molecule has 0 radical (unpaired) electrons. The molecule has 1 saturated heterocycles. The molecule has 8 nitrogen and oxygen atoms in total. The molecular formula is C25H27F2N3O5. The Bertz CT molecular complexity index is 1160. The SMILES string of the molecule is Cc1ccc(NC(=O)C2(c3ccccc3C(C)C)CN(C(=O)[C@H]3C[C@H]3C(=O)O)C2)c(OC(F)F)n1. The van der Waals surface area contributed by atoms with E-state index in [1.54, 1.807) is 19.1 Å². The van der Waals surface area contributed by atoms with E-state index in [1.807, 2.05) is 32.0 Å². The Kier molecular flexibility index (Phi) is 6.48. The molecule has 1 aromatic carbocycles. The van der Waals surface area contributed by atoms with Gasteiger partial charge in [0.25, 0.3) is 0 Å². The highest BCUT2D eigenvalue weighted by Crippen LogP contribution is 2.45. The number of pyridine rings is 1. The van der Waals surface area contributed by atoms with Crippen LogP contribution < -0.4 is 10.1 Å². The summed E-state index contributed by atoms with van der Waals surface area (Å²) >= 11 is 0.